The monoisotopic (exact) mass is 704 g/mol. The molecule has 9 nitrogen and oxygen atoms in total. The second-order valence-electron chi connectivity index (χ2n) is 13.9. The molecule has 0 radical (unpaired) electrons. The van der Waals surface area contributed by atoms with Crippen molar-refractivity contribution in [2.24, 2.45) is 28.4 Å². The van der Waals surface area contributed by atoms with Crippen LogP contribution in [0, 0.1) is 17.2 Å². The lowest BCUT2D eigenvalue weighted by Crippen LogP contribution is -2.34. The highest BCUT2D eigenvalue weighted by Crippen LogP contribution is 2.23. The van der Waals surface area contributed by atoms with E-state index in [1.165, 1.54) is 82.2 Å². The lowest BCUT2D eigenvalue weighted by Gasteiger charge is -2.32. The number of nitrogen functional groups attached to an aromatic ring is 2. The lowest BCUT2D eigenvalue weighted by atomic mass is 9.93. The molecule has 2 saturated heterocycles. The first-order valence-corrected chi connectivity index (χ1v) is 18.9. The van der Waals surface area contributed by atoms with Gasteiger partial charge in [0.2, 0.25) is 0 Å². The first-order chi connectivity index (χ1) is 25.4. The molecule has 0 atom stereocenters. The maximum absolute atomic E-state index is 6.89. The zero-order valence-electron chi connectivity index (χ0n) is 31.1. The number of benzene rings is 4. The number of piperidine rings is 2. The fourth-order valence-corrected chi connectivity index (χ4v) is 6.69. The minimum absolute atomic E-state index is 0.613. The molecule has 9 heteroatoms. The second-order valence-corrected chi connectivity index (χ2v) is 13.9. The van der Waals surface area contributed by atoms with Crippen LogP contribution in [0.2, 0.25) is 0 Å². The summed E-state index contributed by atoms with van der Waals surface area (Å²) in [6, 6.07) is 36.4. The average molecular weight is 704 g/mol. The molecule has 2 fully saturated rings. The van der Waals surface area contributed by atoms with Gasteiger partial charge in [-0.15, -0.1) is 0 Å². The molecule has 0 bridgehead atoms. The molecule has 6 rings (SSSR count). The van der Waals surface area contributed by atoms with Crippen LogP contribution in [0.3, 0.4) is 0 Å². The number of hydrogen-bond donors (Lipinski definition) is 6. The predicted octanol–water partition coefficient (Wildman–Crippen LogP) is 6.75. The highest BCUT2D eigenvalue weighted by molar-refractivity contribution is 5.97. The molecule has 0 saturated carbocycles. The maximum Gasteiger partial charge on any atom is 0.125 e. The van der Waals surface area contributed by atoms with E-state index in [0.717, 1.165) is 60.4 Å². The van der Waals surface area contributed by atoms with Gasteiger partial charge >= 0.3 is 0 Å². The minimum Gasteiger partial charge on any atom is -0.399 e. The number of hydrogen-bond acceptors (Lipinski definition) is 8. The van der Waals surface area contributed by atoms with Crippen molar-refractivity contribution < 1.29 is 0 Å². The normalized spacial score (nSPS) is 15.8. The molecule has 0 aromatic heterocycles. The molecule has 0 unspecified atom stereocenters. The number of likely N-dealkylation sites (tertiary alicyclic amines) is 2. The number of nitrogens with zero attached hydrogens (tertiary/aromatic N) is 3. The zero-order chi connectivity index (χ0) is 36.8. The van der Waals surface area contributed by atoms with Crippen LogP contribution < -0.4 is 28.1 Å². The van der Waals surface area contributed by atoms with Gasteiger partial charge in [0.05, 0.1) is 0 Å². The fourth-order valence-electron chi connectivity index (χ4n) is 6.69. The molecule has 4 aromatic rings. The summed E-state index contributed by atoms with van der Waals surface area (Å²) in [5.41, 5.74) is 20.5. The van der Waals surface area contributed by atoms with Gasteiger partial charge in [0.1, 0.15) is 5.84 Å². The SMILES string of the molecule is CNCCC1CCN(Cc2ccccc2)CC1.N=Cc1ccc(NN)cc1.NC(=NCCC1CCN(Cc2ccccc2)CC1)c1ccc(N)cc1. The molecule has 0 aliphatic carbocycles. The Kier molecular flexibility index (Phi) is 17.9. The van der Waals surface area contributed by atoms with Gasteiger partial charge in [0.25, 0.3) is 0 Å². The lowest BCUT2D eigenvalue weighted by molar-refractivity contribution is 0.172. The third-order valence-electron chi connectivity index (χ3n) is 9.98. The van der Waals surface area contributed by atoms with Crippen molar-refractivity contribution in [2.75, 3.05) is 57.5 Å². The van der Waals surface area contributed by atoms with E-state index in [1.807, 2.05) is 55.6 Å². The number of nitrogens with two attached hydrogens (primary N) is 3. The molecular weight excluding hydrogens is 643 g/mol. The van der Waals surface area contributed by atoms with Gasteiger partial charge in [-0.3, -0.25) is 20.6 Å². The summed E-state index contributed by atoms with van der Waals surface area (Å²) >= 11 is 0. The van der Waals surface area contributed by atoms with Gasteiger partial charge in [0.15, 0.2) is 0 Å². The number of aliphatic imine (C=N–C) groups is 1. The van der Waals surface area contributed by atoms with Crippen LogP contribution in [0.1, 0.15) is 60.8 Å². The van der Waals surface area contributed by atoms with Crippen LogP contribution in [-0.4, -0.2) is 68.2 Å². The van der Waals surface area contributed by atoms with Crippen LogP contribution in [0.5, 0.6) is 0 Å². The summed E-state index contributed by atoms with van der Waals surface area (Å²) in [7, 11) is 2.05. The van der Waals surface area contributed by atoms with E-state index in [9.17, 15) is 0 Å². The van der Waals surface area contributed by atoms with Gasteiger partial charge in [0, 0.05) is 42.8 Å². The smallest absolute Gasteiger partial charge is 0.125 e. The van der Waals surface area contributed by atoms with Crippen LogP contribution >= 0.6 is 0 Å². The molecule has 0 amide bonds. The van der Waals surface area contributed by atoms with E-state index in [-0.39, 0.29) is 0 Å². The summed E-state index contributed by atoms with van der Waals surface area (Å²) in [6.07, 6.45) is 9.00. The quantitative estimate of drug-likeness (QED) is 0.0297. The Morgan fingerprint density at radius 1 is 0.731 bits per heavy atom. The van der Waals surface area contributed by atoms with Crippen LogP contribution in [-0.2, 0) is 13.1 Å². The van der Waals surface area contributed by atoms with Gasteiger partial charge in [-0.05, 0) is 143 Å². The largest absolute Gasteiger partial charge is 0.399 e. The van der Waals surface area contributed by atoms with Crippen molar-refractivity contribution in [1.29, 1.82) is 5.41 Å². The van der Waals surface area contributed by atoms with Crippen molar-refractivity contribution in [3.63, 3.8) is 0 Å². The molecule has 278 valence electrons. The van der Waals surface area contributed by atoms with Crippen LogP contribution in [0.25, 0.3) is 0 Å². The Morgan fingerprint density at radius 2 is 1.23 bits per heavy atom. The number of anilines is 2. The third-order valence-corrected chi connectivity index (χ3v) is 9.98. The second kappa shape index (κ2) is 23.1. The van der Waals surface area contributed by atoms with Crippen LogP contribution in [0.15, 0.2) is 114 Å². The molecule has 2 heterocycles. The van der Waals surface area contributed by atoms with Gasteiger partial charge in [-0.25, -0.2) is 0 Å². The summed E-state index contributed by atoms with van der Waals surface area (Å²) < 4.78 is 0. The Bertz CT molecular complexity index is 1540. The molecular formula is C43H61N9. The van der Waals surface area contributed by atoms with Crippen molar-refractivity contribution in [1.82, 2.24) is 15.1 Å². The zero-order valence-corrected chi connectivity index (χ0v) is 31.1. The van der Waals surface area contributed by atoms with Crippen molar-refractivity contribution in [2.45, 2.75) is 51.6 Å². The molecule has 0 spiro atoms. The first-order valence-electron chi connectivity index (χ1n) is 18.9. The van der Waals surface area contributed by atoms with E-state index >= 15 is 0 Å². The van der Waals surface area contributed by atoms with Gasteiger partial charge in [-0.1, -0.05) is 72.8 Å². The molecule has 9 N–H and O–H groups in total. The van der Waals surface area contributed by atoms with E-state index in [2.05, 4.69) is 86.2 Å². The van der Waals surface area contributed by atoms with E-state index < -0.39 is 0 Å². The van der Waals surface area contributed by atoms with Gasteiger partial charge < -0.3 is 27.6 Å². The highest BCUT2D eigenvalue weighted by Gasteiger charge is 2.19. The Hall–Kier alpha value is -4.54. The first kappa shape index (κ1) is 40.2. The van der Waals surface area contributed by atoms with E-state index in [1.54, 1.807) is 0 Å². The highest BCUT2D eigenvalue weighted by atomic mass is 15.2. The Morgan fingerprint density at radius 3 is 1.69 bits per heavy atom. The fraction of sp³-hybridized carbons (Fsp3) is 0.395. The summed E-state index contributed by atoms with van der Waals surface area (Å²) in [6.45, 7) is 9.05. The minimum atomic E-state index is 0.613. The molecule has 52 heavy (non-hydrogen) atoms. The Balaban J connectivity index is 0.000000193. The number of nitrogens with one attached hydrogen (secondary N) is 3. The summed E-state index contributed by atoms with van der Waals surface area (Å²) in [4.78, 5) is 9.69. The number of rotatable bonds is 13. The maximum atomic E-state index is 6.89. The number of hydrazine groups is 1. The van der Waals surface area contributed by atoms with Crippen molar-refractivity contribution in [3.05, 3.63) is 131 Å². The topological polar surface area (TPSA) is 145 Å². The molecule has 2 aliphatic rings. The summed E-state index contributed by atoms with van der Waals surface area (Å²) in [5, 5.41) is 10.1. The number of amidine groups is 1. The van der Waals surface area contributed by atoms with Crippen LogP contribution in [0.4, 0.5) is 11.4 Å². The predicted molar refractivity (Wildman–Crippen MR) is 221 cm³/mol. The molecule has 4 aromatic carbocycles. The van der Waals surface area contributed by atoms with E-state index in [0.29, 0.717) is 5.84 Å². The average Bonchev–Trinajstić information content (AvgIpc) is 3.20. The summed E-state index contributed by atoms with van der Waals surface area (Å²) in [5.74, 6) is 7.45. The Labute approximate surface area is 312 Å². The standard InChI is InChI=1S/C21H28N4.C15H24N2.C7H9N3/c22-20-8-6-19(7-9-20)21(23)24-13-10-17-11-14-25(15-12-17)16-18-4-2-1-3-5-18;1-16-10-7-14-8-11-17(12-9-14)13-15-5-3-2-4-6-15;8-5-6-1-3-7(10-9)4-2-6/h1-9,17H,10-16,22H2,(H2,23,24);2-6,14,16H,7-13H2,1H3;1-5,8,10H,9H2. The third kappa shape index (κ3) is 15.0. The van der Waals surface area contributed by atoms with Crippen molar-refractivity contribution >= 4 is 23.4 Å². The van der Waals surface area contributed by atoms with Gasteiger partial charge in [-0.2, -0.15) is 0 Å². The van der Waals surface area contributed by atoms with E-state index in [4.69, 9.17) is 22.7 Å². The van der Waals surface area contributed by atoms with Crippen molar-refractivity contribution in [3.8, 4) is 0 Å². The molecule has 2 aliphatic heterocycles.